The second-order valence-corrected chi connectivity index (χ2v) is 40.7. The van der Waals surface area contributed by atoms with Crippen LogP contribution in [0, 0.1) is 69.5 Å². The minimum absolute atomic E-state index is 0. The molecule has 3 aromatic carbocycles. The molecule has 6 bridgehead atoms. The number of carbonyl (C=O) groups is 6. The number of hydrogen-bond acceptors (Lipinski definition) is 24. The van der Waals surface area contributed by atoms with Gasteiger partial charge in [0, 0.05) is 99.0 Å². The predicted molar refractivity (Wildman–Crippen MR) is 474 cm³/mol. The van der Waals surface area contributed by atoms with E-state index in [4.69, 9.17) is 42.6 Å². The Balaban J connectivity index is 0.000000207. The molecule has 27 nitrogen and oxygen atoms in total. The van der Waals surface area contributed by atoms with Crippen LogP contribution in [-0.2, 0) is 131 Å². The summed E-state index contributed by atoms with van der Waals surface area (Å²) in [4.78, 5) is 149. The number of esters is 3. The van der Waals surface area contributed by atoms with Crippen LogP contribution in [0.1, 0.15) is 255 Å². The molecular weight excluding hydrogens is 1870 g/mol. The van der Waals surface area contributed by atoms with E-state index >= 15 is 26.3 Å². The summed E-state index contributed by atoms with van der Waals surface area (Å²) >= 11 is 0. The normalized spacial score (nSPS) is 29.6. The molecule has 6 fully saturated rings. The van der Waals surface area contributed by atoms with Gasteiger partial charge in [-0.2, -0.15) is 26.3 Å². The van der Waals surface area contributed by atoms with E-state index in [2.05, 4.69) is 29.9 Å². The Morgan fingerprint density at radius 1 is 0.400 bits per heavy atom. The zero-order valence-electron chi connectivity index (χ0n) is 79.9. The summed E-state index contributed by atoms with van der Waals surface area (Å²) in [5.74, 6) is -15.8. The molecule has 0 N–H and O–H groups in total. The van der Waals surface area contributed by atoms with E-state index < -0.39 is 178 Å². The number of ether oxygens (including phenoxy) is 9. The minimum Gasteiger partial charge on any atom is -0.540 e. The number of fused-ring (bicyclic) bond motifs is 15. The maximum Gasteiger partial charge on any atom is 0.307 e. The Morgan fingerprint density at radius 3 is 1.04 bits per heavy atom. The van der Waals surface area contributed by atoms with Gasteiger partial charge in [-0.15, -0.1) is 0 Å². The molecule has 15 rings (SSSR count). The van der Waals surface area contributed by atoms with Gasteiger partial charge in [0.15, 0.2) is 17.1 Å². The third-order valence-corrected chi connectivity index (χ3v) is 28.5. The van der Waals surface area contributed by atoms with E-state index in [0.29, 0.717) is 111 Å². The van der Waals surface area contributed by atoms with Gasteiger partial charge >= 0.3 is 17.9 Å². The van der Waals surface area contributed by atoms with Crippen LogP contribution in [0.2, 0.25) is 0 Å². The summed E-state index contributed by atoms with van der Waals surface area (Å²) < 4.78 is 148. The van der Waals surface area contributed by atoms with Crippen LogP contribution in [0.4, 0.5) is 26.3 Å². The van der Waals surface area contributed by atoms with Crippen LogP contribution < -0.4 is 28.4 Å². The van der Waals surface area contributed by atoms with Crippen LogP contribution in [0.15, 0.2) is 54.6 Å². The molecule has 9 aliphatic rings. The van der Waals surface area contributed by atoms with E-state index in [0.717, 1.165) is 12.8 Å². The topological polar surface area (TPSA) is 324 Å². The molecule has 0 spiro atoms. The zero-order valence-corrected chi connectivity index (χ0v) is 84.1. The Hall–Kier alpha value is -8.36. The molecule has 3 amide bonds. The summed E-state index contributed by atoms with van der Waals surface area (Å²) in [5.41, 5.74) is -2.47. The van der Waals surface area contributed by atoms with Crippen LogP contribution in [-0.4, -0.2) is 194 Å². The minimum atomic E-state index is -3.36. The fraction of sp³-hybridized carbons (Fsp3) is 0.667. The van der Waals surface area contributed by atoms with Crippen LogP contribution in [0.25, 0.3) is 33.1 Å². The first-order chi connectivity index (χ1) is 62.4. The molecule has 0 unspecified atom stereocenters. The molecule has 9 heterocycles. The van der Waals surface area contributed by atoms with Crippen molar-refractivity contribution in [1.82, 2.24) is 44.6 Å². The predicted octanol–water partition coefficient (Wildman–Crippen LogP) is 17.3. The monoisotopic (exact) mass is 2000 g/mol. The molecule has 135 heavy (non-hydrogen) atoms. The molecule has 6 aromatic rings. The molecule has 735 valence electrons. The van der Waals surface area contributed by atoms with Gasteiger partial charge < -0.3 is 71.7 Å². The van der Waals surface area contributed by atoms with E-state index in [-0.39, 0.29) is 184 Å². The molecule has 18 atom stereocenters. The van der Waals surface area contributed by atoms with Crippen LogP contribution in [0.5, 0.6) is 34.9 Å². The summed E-state index contributed by atoms with van der Waals surface area (Å²) in [6.45, 7) is 24.0. The maximum atomic E-state index is 16.0. The van der Waals surface area contributed by atoms with Crippen molar-refractivity contribution in [2.45, 2.75) is 310 Å². The van der Waals surface area contributed by atoms with Crippen molar-refractivity contribution in [3.63, 3.8) is 0 Å². The average molecular weight is 2000 g/mol. The summed E-state index contributed by atoms with van der Waals surface area (Å²) in [6.07, 6.45) is 10.5. The van der Waals surface area contributed by atoms with Gasteiger partial charge in [-0.25, -0.2) is 48.8 Å². The number of carbonyl (C=O) groups excluding carboxylic acids is 9. The molecule has 3 saturated carbocycles. The Bertz CT molecular complexity index is 5240. The van der Waals surface area contributed by atoms with Gasteiger partial charge in [0.25, 0.3) is 17.8 Å². The number of rotatable bonds is 9. The van der Waals surface area contributed by atoms with Gasteiger partial charge in [0.1, 0.15) is 53.4 Å². The van der Waals surface area contributed by atoms with Crippen LogP contribution in [0.3, 0.4) is 0 Å². The van der Waals surface area contributed by atoms with E-state index in [1.807, 2.05) is 109 Å². The Kier molecular flexibility index (Phi) is 35.7. The number of halogens is 6. The van der Waals surface area contributed by atoms with Crippen molar-refractivity contribution in [1.29, 1.82) is 0 Å². The standard InChI is InChI=1S/C34H44F2N3O6.C33H42F2N3O6.C32H40F2N3O6.3V/c1-6-22-26(19-40)39-18-28(22)45-31-30(37-24-14-13-21(43-5)16-25(24)38-31)34(35,36)15-8-7-10-20-11-9-12-27(20)44-29(41)17-23(32(39)42)33(2,3)4;1-7-21-25(18-39)38-17-26(21)43-29-28(36-23-12-11-20(42-6)14-24(23)37-29)33(34,35)13-9-8-10-19-16-32(19,5)44-27(40)15-22(30(38)41)31(2,3)4;1-6-20-24(17-38)37-16-26(20)43-29-28(35-22-11-10-19(41-5)14-23(22)36-29)32(33,34)12-8-7-9-18-13-25(18)42-27(39)15-21(30(37)40)31(2,3)4;;;/h13-14,16,20,22-23,26-28H,6-12,15,17-18H2,1-5H3;11-12,14,19,21-22,25-26H,7-10,13,15-17H2,1-6H3;10-11,14,18,20-21,24-26H,6-9,12-13,15-16H2,1-5H3;;;/q3*-1;;;/t20-,22+,23-,26-,27-,28+;19-,21+,22-,25-,26+,32-;18-,20+,21-,24-,25-,26+;;;/m111.../s1. The number of amides is 3. The smallest absolute Gasteiger partial charge is 0.307 e. The van der Waals surface area contributed by atoms with Gasteiger partial charge in [-0.05, 0) is 160 Å². The number of hydrogen-bond donors (Lipinski definition) is 0. The summed E-state index contributed by atoms with van der Waals surface area (Å²) in [7, 11) is 4.49. The quantitative estimate of drug-likeness (QED) is 0.0562. The molecule has 6 aliphatic heterocycles. The number of aromatic nitrogens is 6. The van der Waals surface area contributed by atoms with E-state index in [1.54, 1.807) is 54.6 Å². The van der Waals surface area contributed by atoms with E-state index in [1.165, 1.54) is 36.0 Å². The molecular formula is C99H126F6N9O18V3-3. The molecule has 3 aliphatic carbocycles. The summed E-state index contributed by atoms with van der Waals surface area (Å²) in [5, 5.41) is 0. The third kappa shape index (κ3) is 24.7. The van der Waals surface area contributed by atoms with Crippen molar-refractivity contribution >= 4 is 87.6 Å². The first kappa shape index (κ1) is 109. The molecule has 3 saturated heterocycles. The first-order valence-electron chi connectivity index (χ1n) is 46.8. The molecule has 3 aromatic heterocycles. The largest absolute Gasteiger partial charge is 0.540 e. The SMILES string of the molecule is CC[C@@H]1[C@@H]2CN(C(=O)[C@H](C(C)(C)C)CC(=O)O[C@@H]3CCC[C@H]3CCCCC(F)(F)c3nc4ccc(OC)cc4nc3O2)[C@@H]1[C-]=O.CC[C@@H]1[C@@H]2CN(C(=O)[C@H](C(C)(C)C)CC(=O)O[C@@H]3C[C@H]3CCCCC(F)(F)c3nc4ccc(OC)cc4nc3O2)[C@@H]1[C-]=O.CC[C@@H]1[C@@H]2CN(C(=O)[C@H](C(C)(C)C)CC(=O)O[C@]3(C)C[C@H]3CCCCC(F)(F)c3nc4ccc(OC)cc4nc3O2)[C@@H]1[C-]=O.[V].[V].[V]. The van der Waals surface area contributed by atoms with Gasteiger partial charge in [0.05, 0.1) is 111 Å². The fourth-order valence-electron chi connectivity index (χ4n) is 20.3. The maximum absolute atomic E-state index is 16.0. The summed E-state index contributed by atoms with van der Waals surface area (Å²) in [6, 6.07) is 11.5. The second-order valence-electron chi connectivity index (χ2n) is 40.7. The number of benzene rings is 3. The average Bonchev–Trinajstić information content (AvgIpc) is 1.67. The molecule has 36 heteroatoms. The van der Waals surface area contributed by atoms with Gasteiger partial charge in [0.2, 0.25) is 35.4 Å². The van der Waals surface area contributed by atoms with Crippen molar-refractivity contribution in [3.8, 4) is 34.9 Å². The van der Waals surface area contributed by atoms with Crippen LogP contribution >= 0.6 is 0 Å². The van der Waals surface area contributed by atoms with Crippen molar-refractivity contribution in [3.05, 3.63) is 71.7 Å². The Morgan fingerprint density at radius 2 is 0.719 bits per heavy atom. The van der Waals surface area contributed by atoms with E-state index in [9.17, 15) is 43.2 Å². The third-order valence-electron chi connectivity index (χ3n) is 28.5. The van der Waals surface area contributed by atoms with Crippen molar-refractivity contribution in [2.75, 3.05) is 41.0 Å². The number of alkyl halides is 6. The van der Waals surface area contributed by atoms with Gasteiger partial charge in [-0.3, -0.25) is 28.8 Å². The number of methoxy groups -OCH3 is 3. The zero-order chi connectivity index (χ0) is 95.6. The second kappa shape index (κ2) is 44.4. The van der Waals surface area contributed by atoms with Crippen molar-refractivity contribution in [2.24, 2.45) is 69.5 Å². The Labute approximate surface area is 821 Å². The van der Waals surface area contributed by atoms with Crippen molar-refractivity contribution < 1.29 is 168 Å². The fourth-order valence-corrected chi connectivity index (χ4v) is 20.3. The first-order valence-corrected chi connectivity index (χ1v) is 46.8. The number of nitrogens with zero attached hydrogens (tertiary/aromatic N) is 9. The van der Waals surface area contributed by atoms with Gasteiger partial charge in [-0.1, -0.05) is 140 Å². The molecule has 3 radical (unpaired) electrons.